The van der Waals surface area contributed by atoms with Crippen LogP contribution < -0.4 is 10.1 Å². The minimum atomic E-state index is -5.60. The fraction of sp³-hybridized carbons (Fsp3) is 0.437. The standard InChI is InChI=1S/C33H32N4.C32H28F6OS2.C14H29NO3.C8H18O/c1-19-24-11-13-26(34-24)20(2)28-15-17-30(36-28)32(22-7-9-23(10-8-22)33(4,5)6)31-18-16-29(37-31)21(3)27-14-12-25(19)35-27;1-18-23(15-25(40-18)20-9-7-6-8-10-20)27-28(31(35,36)32(37,38)30(27,33)34)24-16-26(41-19(24)2)21-11-13-22(14-12-21)39-17-29(3,4)5;1-14(2,3)12-18-11-10-17-9-7-13(16)6-5-8-15-4;1-5-6-9-7-8(2,3)4/h7-18,36-37H,1-6H3;6-16H,17H2,1-5H3;15H,5-12H2,1-4H3;5-7H2,1-4H3. The predicted octanol–water partition coefficient (Wildman–Crippen LogP) is 24.0. The number of benzene rings is 3. The molecule has 5 aromatic heterocycles. The molecule has 0 fully saturated rings. The Labute approximate surface area is 626 Å². The Bertz CT molecular complexity index is 4430. The Morgan fingerprint density at radius 1 is 0.495 bits per heavy atom. The topological polar surface area (TPSA) is 123 Å². The predicted molar refractivity (Wildman–Crippen MR) is 427 cm³/mol. The van der Waals surface area contributed by atoms with Crippen molar-refractivity contribution in [3.8, 4) is 37.8 Å². The van der Waals surface area contributed by atoms with Crippen molar-refractivity contribution in [1.82, 2.24) is 25.3 Å². The summed E-state index contributed by atoms with van der Waals surface area (Å²) >= 11 is 2.19. The Kier molecular flexibility index (Phi) is 27.6. The van der Waals surface area contributed by atoms with Crippen molar-refractivity contribution in [2.45, 2.75) is 173 Å². The lowest BCUT2D eigenvalue weighted by Gasteiger charge is -2.25. The number of allylic oxidation sites excluding steroid dienone is 2. The highest BCUT2D eigenvalue weighted by molar-refractivity contribution is 7.16. The second-order valence-corrected chi connectivity index (χ2v) is 34.3. The highest BCUT2D eigenvalue weighted by atomic mass is 32.1. The average molecular weight is 1480 g/mol. The van der Waals surface area contributed by atoms with Gasteiger partial charge >= 0.3 is 17.8 Å². The summed E-state index contributed by atoms with van der Waals surface area (Å²) in [5.74, 6) is -14.9. The Hall–Kier alpha value is -7.71. The zero-order chi connectivity index (χ0) is 77.0. The highest BCUT2D eigenvalue weighted by Crippen LogP contribution is 2.66. The van der Waals surface area contributed by atoms with Crippen molar-refractivity contribution in [3.63, 3.8) is 0 Å². The van der Waals surface area contributed by atoms with Crippen LogP contribution in [0.5, 0.6) is 5.75 Å². The van der Waals surface area contributed by atoms with Crippen molar-refractivity contribution >= 4 is 86.0 Å². The van der Waals surface area contributed by atoms with Gasteiger partial charge < -0.3 is 34.2 Å². The number of halogens is 6. The molecule has 8 aromatic rings. The number of aromatic nitrogens is 4. The van der Waals surface area contributed by atoms with Crippen LogP contribution in [0.4, 0.5) is 26.3 Å². The number of ketones is 1. The van der Waals surface area contributed by atoms with Gasteiger partial charge in [0.15, 0.2) is 0 Å². The van der Waals surface area contributed by atoms with Crippen LogP contribution in [-0.4, -0.2) is 103 Å². The first-order valence-corrected chi connectivity index (χ1v) is 37.8. The molecule has 0 unspecified atom stereocenters. The van der Waals surface area contributed by atoms with Gasteiger partial charge in [0.25, 0.3) is 0 Å². The van der Waals surface area contributed by atoms with Crippen molar-refractivity contribution < 1.29 is 50.1 Å². The largest absolute Gasteiger partial charge is 0.493 e. The molecule has 105 heavy (non-hydrogen) atoms. The van der Waals surface area contributed by atoms with Gasteiger partial charge in [-0.3, -0.25) is 4.79 Å². The van der Waals surface area contributed by atoms with Crippen LogP contribution in [-0.2, 0) is 24.4 Å². The van der Waals surface area contributed by atoms with Gasteiger partial charge in [-0.1, -0.05) is 145 Å². The van der Waals surface area contributed by atoms with E-state index in [1.54, 1.807) is 54.6 Å². The van der Waals surface area contributed by atoms with Crippen molar-refractivity contribution in [2.75, 3.05) is 59.8 Å². The lowest BCUT2D eigenvalue weighted by atomic mass is 9.86. The number of hydrogen-bond donors (Lipinski definition) is 3. The second-order valence-electron chi connectivity index (χ2n) is 31.8. The van der Waals surface area contributed by atoms with Gasteiger partial charge in [-0.05, 0) is 212 Å². The molecule has 564 valence electrons. The zero-order valence-corrected chi connectivity index (χ0v) is 66.4. The third-order valence-electron chi connectivity index (χ3n) is 17.7. The van der Waals surface area contributed by atoms with Gasteiger partial charge in [-0.2, -0.15) is 26.3 Å². The lowest BCUT2D eigenvalue weighted by molar-refractivity contribution is -0.254. The number of aryl methyl sites for hydroxylation is 4. The van der Waals surface area contributed by atoms with E-state index in [9.17, 15) is 13.6 Å². The third-order valence-corrected chi connectivity index (χ3v) is 19.9. The van der Waals surface area contributed by atoms with E-state index in [0.717, 1.165) is 129 Å². The molecule has 3 aliphatic rings. The summed E-state index contributed by atoms with van der Waals surface area (Å²) in [7, 11) is 1.89. The number of ether oxygens (including phenoxy) is 4. The van der Waals surface area contributed by atoms with Gasteiger partial charge in [-0.15, -0.1) is 22.7 Å². The number of Topliss-reactive ketones (excluding diaryl/α,β-unsaturated/α-hetero) is 1. The minimum Gasteiger partial charge on any atom is -0.493 e. The van der Waals surface area contributed by atoms with Gasteiger partial charge in [0.05, 0.1) is 62.4 Å². The highest BCUT2D eigenvalue weighted by Gasteiger charge is 2.80. The number of hydrogen-bond acceptors (Lipinski definition) is 10. The van der Waals surface area contributed by atoms with Crippen LogP contribution in [0, 0.1) is 50.9 Å². The normalized spacial score (nSPS) is 14.5. The van der Waals surface area contributed by atoms with Gasteiger partial charge in [0, 0.05) is 83.3 Å². The van der Waals surface area contributed by atoms with Crippen molar-refractivity contribution in [3.05, 3.63) is 181 Å². The lowest BCUT2D eigenvalue weighted by Crippen LogP contribution is -2.48. The van der Waals surface area contributed by atoms with E-state index in [-0.39, 0.29) is 42.9 Å². The van der Waals surface area contributed by atoms with Crippen molar-refractivity contribution in [2.24, 2.45) is 16.2 Å². The molecule has 3 aromatic carbocycles. The first-order chi connectivity index (χ1) is 49.2. The Morgan fingerprint density at radius 2 is 0.924 bits per heavy atom. The van der Waals surface area contributed by atoms with E-state index in [1.165, 1.54) is 37.1 Å². The summed E-state index contributed by atoms with van der Waals surface area (Å²) in [4.78, 5) is 30.2. The molecule has 10 nitrogen and oxygen atoms in total. The number of nitrogens with zero attached hydrogens (tertiary/aromatic N) is 2. The number of carbonyl (C=O) groups is 1. The monoisotopic (exact) mass is 1480 g/mol. The molecule has 0 atom stereocenters. The minimum absolute atomic E-state index is 0.0524. The molecule has 0 spiro atoms. The number of thiophene rings is 2. The van der Waals surface area contributed by atoms with Crippen LogP contribution in [0.15, 0.2) is 115 Å². The fourth-order valence-corrected chi connectivity index (χ4v) is 13.8. The number of aromatic amines is 2. The molecule has 0 radical (unpaired) electrons. The van der Waals surface area contributed by atoms with E-state index in [1.807, 2.05) is 27.8 Å². The number of carbonyl (C=O) groups excluding carboxylic acids is 1. The van der Waals surface area contributed by atoms with E-state index < -0.39 is 28.9 Å². The van der Waals surface area contributed by atoms with Crippen LogP contribution in [0.2, 0.25) is 0 Å². The van der Waals surface area contributed by atoms with E-state index >= 15 is 17.6 Å². The first kappa shape index (κ1) is 82.9. The number of nitrogens with one attached hydrogen (secondary N) is 3. The van der Waals surface area contributed by atoms with Crippen LogP contribution in [0.1, 0.15) is 182 Å². The molecule has 0 amide bonds. The SMILES string of the molecule is CCCOCC(C)(C)C.CNCCCC(=O)CCOCCOCC(C)(C)C.Cc1c2nc(c(C)c3ccc([nH]3)c(-c3ccc(C(C)(C)C)cc3)c3ccc([nH]3)c(C)c3nc1C=C3)C=C2.Cc1sc(-c2ccccc2)cc1C1=C(c2cc(-c3ccc(OCC(C)(C)C)cc3)sc2C)C(F)(F)C(F)(F)C1(F)F. The summed E-state index contributed by atoms with van der Waals surface area (Å²) in [5.41, 5.74) is 13.7. The summed E-state index contributed by atoms with van der Waals surface area (Å²) in [6.07, 6.45) is 11.6. The molecule has 11 rings (SSSR count). The first-order valence-electron chi connectivity index (χ1n) is 36.2. The number of fused-ring (bicyclic) bond motifs is 8. The summed E-state index contributed by atoms with van der Waals surface area (Å²) in [6.45, 7) is 42.8. The maximum atomic E-state index is 15.5. The van der Waals surface area contributed by atoms with Gasteiger partial charge in [0.1, 0.15) is 11.5 Å². The van der Waals surface area contributed by atoms with Crippen LogP contribution >= 0.6 is 22.7 Å². The van der Waals surface area contributed by atoms with E-state index in [4.69, 9.17) is 28.9 Å². The third kappa shape index (κ3) is 21.3. The maximum Gasteiger partial charge on any atom is 0.380 e. The van der Waals surface area contributed by atoms with Crippen LogP contribution in [0.25, 0.3) is 89.5 Å². The molecular formula is C87H107F6N5O5S2. The van der Waals surface area contributed by atoms with Gasteiger partial charge in [0.2, 0.25) is 0 Å². The van der Waals surface area contributed by atoms with Crippen LogP contribution in [0.3, 0.4) is 0 Å². The van der Waals surface area contributed by atoms with E-state index in [2.05, 4.69) is 178 Å². The number of H-pyrrole nitrogens is 2. The number of rotatable bonds is 21. The zero-order valence-electron chi connectivity index (χ0n) is 64.8. The molecule has 18 heteroatoms. The number of alkyl halides is 6. The molecule has 3 N–H and O–H groups in total. The second kappa shape index (κ2) is 34.9. The Morgan fingerprint density at radius 3 is 1.37 bits per heavy atom. The van der Waals surface area contributed by atoms with Crippen molar-refractivity contribution in [1.29, 1.82) is 0 Å². The molecule has 8 bridgehead atoms. The fourth-order valence-electron chi connectivity index (χ4n) is 11.8. The molecule has 7 heterocycles. The van der Waals surface area contributed by atoms with Gasteiger partial charge in [-0.25, -0.2) is 9.97 Å². The average Bonchev–Trinajstić information content (AvgIpc) is 1.53. The van der Waals surface area contributed by atoms with E-state index in [0.29, 0.717) is 71.3 Å². The molecule has 0 saturated heterocycles. The molecular weight excluding hydrogens is 1370 g/mol. The Balaban J connectivity index is 0.000000199. The maximum absolute atomic E-state index is 15.5. The molecule has 0 saturated carbocycles. The summed E-state index contributed by atoms with van der Waals surface area (Å²) < 4.78 is 114. The quantitative estimate of drug-likeness (QED) is 0.0480. The molecule has 2 aliphatic heterocycles. The summed E-state index contributed by atoms with van der Waals surface area (Å²) in [5, 5.41) is 3.03. The smallest absolute Gasteiger partial charge is 0.380 e. The molecule has 1 aliphatic carbocycles. The summed E-state index contributed by atoms with van der Waals surface area (Å²) in [6, 6.07) is 35.9.